The number of hydrogen-bond acceptors (Lipinski definition) is 3. The van der Waals surface area contributed by atoms with Gasteiger partial charge in [0.15, 0.2) is 0 Å². The van der Waals surface area contributed by atoms with Crippen molar-refractivity contribution in [1.82, 2.24) is 0 Å². The van der Waals surface area contributed by atoms with Gasteiger partial charge in [-0.1, -0.05) is 42.5 Å². The lowest BCUT2D eigenvalue weighted by molar-refractivity contribution is -0.116. The van der Waals surface area contributed by atoms with Crippen LogP contribution in [0.1, 0.15) is 18.9 Å². The molecule has 2 nitrogen and oxygen atoms in total. The molecule has 0 N–H and O–H groups in total. The number of benzene rings is 1. The maximum absolute atomic E-state index is 12.1. The predicted molar refractivity (Wildman–Crippen MR) is 77.9 cm³/mol. The van der Waals surface area contributed by atoms with E-state index in [2.05, 4.69) is 0 Å². The number of carbonyl (C=O) groups is 1. The summed E-state index contributed by atoms with van der Waals surface area (Å²) in [5, 5.41) is 0.657. The minimum atomic E-state index is -0.0431. The zero-order valence-corrected chi connectivity index (χ0v) is 12.0. The van der Waals surface area contributed by atoms with Crippen LogP contribution in [0.4, 0.5) is 5.69 Å². The van der Waals surface area contributed by atoms with Gasteiger partial charge in [-0.2, -0.15) is 0 Å². The van der Waals surface area contributed by atoms with Crippen LogP contribution in [0.2, 0.25) is 5.02 Å². The summed E-state index contributed by atoms with van der Waals surface area (Å²) in [5.74, 6) is 0.0734. The van der Waals surface area contributed by atoms with Crippen LogP contribution in [0, 0.1) is 6.92 Å². The Morgan fingerprint density at radius 2 is 2.24 bits per heavy atom. The summed E-state index contributed by atoms with van der Waals surface area (Å²) in [7, 11) is 0. The maximum Gasteiger partial charge on any atom is 0.246 e. The molecule has 0 spiro atoms. The molecule has 1 atom stereocenters. The van der Waals surface area contributed by atoms with E-state index in [9.17, 15) is 4.79 Å². The lowest BCUT2D eigenvalue weighted by atomic mass is 10.2. The first-order valence-corrected chi connectivity index (χ1v) is 7.02. The van der Waals surface area contributed by atoms with Crippen LogP contribution in [0.25, 0.3) is 0 Å². The number of amides is 1. The molecule has 1 heterocycles. The smallest absolute Gasteiger partial charge is 0.246 e. The second-order valence-corrected chi connectivity index (χ2v) is 6.13. The highest BCUT2D eigenvalue weighted by molar-refractivity contribution is 8.25. The number of thioether (sulfide) groups is 1. The molecule has 0 saturated carbocycles. The third kappa shape index (κ3) is 2.34. The number of nitrogens with zero attached hydrogens (tertiary/aromatic N) is 1. The highest BCUT2D eigenvalue weighted by Crippen LogP contribution is 2.34. The third-order valence-electron chi connectivity index (χ3n) is 2.69. The molecule has 0 bridgehead atoms. The predicted octanol–water partition coefficient (Wildman–Crippen LogP) is 3.79. The quantitative estimate of drug-likeness (QED) is 0.771. The zero-order chi connectivity index (χ0) is 12.6. The molecule has 1 amide bonds. The van der Waals surface area contributed by atoms with Crippen LogP contribution < -0.4 is 4.90 Å². The van der Waals surface area contributed by atoms with Crippen molar-refractivity contribution in [2.45, 2.75) is 25.5 Å². The average Bonchev–Trinajstić information content (AvgIpc) is 2.58. The Balaban J connectivity index is 2.36. The van der Waals surface area contributed by atoms with Gasteiger partial charge < -0.3 is 0 Å². The molecule has 17 heavy (non-hydrogen) atoms. The summed E-state index contributed by atoms with van der Waals surface area (Å²) in [5.41, 5.74) is 1.76. The molecular formula is C12H12ClNOS2. The molecule has 1 aromatic carbocycles. The molecule has 1 aliphatic rings. The Morgan fingerprint density at radius 1 is 1.53 bits per heavy atom. The maximum atomic E-state index is 12.1. The number of halogens is 1. The monoisotopic (exact) mass is 285 g/mol. The van der Waals surface area contributed by atoms with Gasteiger partial charge in [0.2, 0.25) is 5.91 Å². The molecule has 1 saturated heterocycles. The van der Waals surface area contributed by atoms with E-state index in [0.29, 0.717) is 9.34 Å². The van der Waals surface area contributed by atoms with Crippen molar-refractivity contribution in [2.24, 2.45) is 0 Å². The number of thiocarbonyl (C=S) groups is 1. The van der Waals surface area contributed by atoms with E-state index in [-0.39, 0.29) is 11.2 Å². The molecule has 0 aromatic heterocycles. The van der Waals surface area contributed by atoms with E-state index in [1.807, 2.05) is 26.0 Å². The topological polar surface area (TPSA) is 20.3 Å². The number of hydrogen-bond donors (Lipinski definition) is 0. The highest BCUT2D eigenvalue weighted by atomic mass is 35.5. The second-order valence-electron chi connectivity index (χ2n) is 3.89. The van der Waals surface area contributed by atoms with E-state index >= 15 is 0 Å². The minimum Gasteiger partial charge on any atom is -0.273 e. The lowest BCUT2D eigenvalue weighted by Crippen LogP contribution is -2.31. The van der Waals surface area contributed by atoms with Gasteiger partial charge in [-0.25, -0.2) is 0 Å². The lowest BCUT2D eigenvalue weighted by Gasteiger charge is -2.16. The fourth-order valence-corrected chi connectivity index (χ4v) is 3.30. The molecule has 90 valence electrons. The van der Waals surface area contributed by atoms with Crippen molar-refractivity contribution in [3.05, 3.63) is 28.8 Å². The standard InChI is InChI=1S/C12H12ClNOS2/c1-3-10-11(15)14(12(16)17-10)8-4-5-9(13)7(2)6-8/h4-6,10H,3H2,1-2H3. The van der Waals surface area contributed by atoms with Gasteiger partial charge in [0, 0.05) is 5.02 Å². The van der Waals surface area contributed by atoms with E-state index in [0.717, 1.165) is 17.7 Å². The average molecular weight is 286 g/mol. The van der Waals surface area contributed by atoms with E-state index < -0.39 is 0 Å². The van der Waals surface area contributed by atoms with Crippen molar-refractivity contribution >= 4 is 51.5 Å². The first kappa shape index (κ1) is 12.9. The van der Waals surface area contributed by atoms with Gasteiger partial charge in [0.05, 0.1) is 10.9 Å². The Hall–Kier alpha value is -0.580. The molecule has 1 unspecified atom stereocenters. The molecular weight excluding hydrogens is 274 g/mol. The molecule has 0 aliphatic carbocycles. The number of anilines is 1. The van der Waals surface area contributed by atoms with Gasteiger partial charge in [0.25, 0.3) is 0 Å². The molecule has 5 heteroatoms. The summed E-state index contributed by atoms with van der Waals surface area (Å²) in [6, 6.07) is 5.52. The van der Waals surface area contributed by atoms with Crippen LogP contribution >= 0.6 is 35.6 Å². The van der Waals surface area contributed by atoms with E-state index in [1.54, 1.807) is 11.0 Å². The van der Waals surface area contributed by atoms with E-state index in [1.165, 1.54) is 11.8 Å². The summed E-state index contributed by atoms with van der Waals surface area (Å²) < 4.78 is 0.628. The molecule has 0 radical (unpaired) electrons. The van der Waals surface area contributed by atoms with Crippen molar-refractivity contribution in [3.8, 4) is 0 Å². The van der Waals surface area contributed by atoms with Gasteiger partial charge in [0.1, 0.15) is 4.32 Å². The fraction of sp³-hybridized carbons (Fsp3) is 0.333. The van der Waals surface area contributed by atoms with Crippen molar-refractivity contribution < 1.29 is 4.79 Å². The summed E-state index contributed by atoms with van der Waals surface area (Å²) >= 11 is 12.7. The van der Waals surface area contributed by atoms with Gasteiger partial charge >= 0.3 is 0 Å². The van der Waals surface area contributed by atoms with Crippen LogP contribution in [0.5, 0.6) is 0 Å². The second kappa shape index (κ2) is 4.96. The summed E-state index contributed by atoms with van der Waals surface area (Å²) in [6.45, 7) is 3.91. The number of rotatable bonds is 2. The zero-order valence-electron chi connectivity index (χ0n) is 9.57. The van der Waals surface area contributed by atoms with Crippen LogP contribution in [0.15, 0.2) is 18.2 Å². The molecule has 2 rings (SSSR count). The Morgan fingerprint density at radius 3 is 2.76 bits per heavy atom. The minimum absolute atomic E-state index is 0.0431. The SMILES string of the molecule is CCC1SC(=S)N(c2ccc(Cl)c(C)c2)C1=O. The molecule has 1 aliphatic heterocycles. The highest BCUT2D eigenvalue weighted by Gasteiger charge is 2.36. The van der Waals surface area contributed by atoms with Gasteiger partial charge in [-0.3, -0.25) is 9.69 Å². The van der Waals surface area contributed by atoms with E-state index in [4.69, 9.17) is 23.8 Å². The van der Waals surface area contributed by atoms with Gasteiger partial charge in [-0.05, 0) is 37.1 Å². The number of carbonyl (C=O) groups excluding carboxylic acids is 1. The Kier molecular flexibility index (Phi) is 3.76. The third-order valence-corrected chi connectivity index (χ3v) is 4.79. The number of aryl methyl sites for hydroxylation is 1. The van der Waals surface area contributed by atoms with Crippen molar-refractivity contribution in [1.29, 1.82) is 0 Å². The Bertz CT molecular complexity index is 489. The van der Waals surface area contributed by atoms with Crippen molar-refractivity contribution in [2.75, 3.05) is 4.90 Å². The fourth-order valence-electron chi connectivity index (χ4n) is 1.72. The molecule has 1 fully saturated rings. The van der Waals surface area contributed by atoms with Gasteiger partial charge in [-0.15, -0.1) is 0 Å². The Labute approximate surface area is 115 Å². The van der Waals surface area contributed by atoms with Crippen LogP contribution in [0.3, 0.4) is 0 Å². The first-order valence-electron chi connectivity index (χ1n) is 5.35. The molecule has 1 aromatic rings. The summed E-state index contributed by atoms with van der Waals surface area (Å²) in [6.07, 6.45) is 0.798. The van der Waals surface area contributed by atoms with Crippen molar-refractivity contribution in [3.63, 3.8) is 0 Å². The van der Waals surface area contributed by atoms with Crippen LogP contribution in [-0.4, -0.2) is 15.5 Å². The normalized spacial score (nSPS) is 20.2. The van der Waals surface area contributed by atoms with Crippen LogP contribution in [-0.2, 0) is 4.79 Å². The largest absolute Gasteiger partial charge is 0.273 e. The first-order chi connectivity index (χ1) is 8.04. The summed E-state index contributed by atoms with van der Waals surface area (Å²) in [4.78, 5) is 13.7.